The van der Waals surface area contributed by atoms with Crippen molar-refractivity contribution >= 4 is 16.6 Å². The second-order valence-corrected chi connectivity index (χ2v) is 21.2. The summed E-state index contributed by atoms with van der Waals surface area (Å²) in [7, 11) is -3.95. The fraction of sp³-hybridized carbons (Fsp3) is 0.810. The number of nitrogens with zero attached hydrogens (tertiary/aromatic N) is 1. The average Bonchev–Trinajstić information content (AvgIpc) is 2.83. The Hall–Kier alpha value is -1.01. The van der Waals surface area contributed by atoms with Gasteiger partial charge in [0.1, 0.15) is 0 Å². The summed E-state index contributed by atoms with van der Waals surface area (Å²) in [5.41, 5.74) is -0.237. The first-order valence-corrected chi connectivity index (χ1v) is 16.6. The van der Waals surface area contributed by atoms with Crippen LogP contribution in [0.2, 0.25) is 36.3 Å². The number of aromatic amines is 2. The number of rotatable bonds is 6. The molecule has 9 heteroatoms. The molecule has 0 saturated carbocycles. The van der Waals surface area contributed by atoms with Gasteiger partial charge in [0.15, 0.2) is 16.6 Å². The van der Waals surface area contributed by atoms with Gasteiger partial charge >= 0.3 is 5.69 Å². The van der Waals surface area contributed by atoms with Crippen molar-refractivity contribution in [2.75, 3.05) is 13.1 Å². The Bertz CT molecular complexity index is 785. The molecule has 1 saturated heterocycles. The van der Waals surface area contributed by atoms with Gasteiger partial charge in [-0.1, -0.05) is 41.5 Å². The van der Waals surface area contributed by atoms with Crippen LogP contribution >= 0.6 is 0 Å². The quantitative estimate of drug-likeness (QED) is 0.639. The Kier molecular flexibility index (Phi) is 7.15. The molecular formula is C21H41N3O4Si2. The van der Waals surface area contributed by atoms with Gasteiger partial charge in [0.25, 0.3) is 5.56 Å². The number of nitrogens with one attached hydrogen (secondary N) is 2. The number of hydrogen-bond donors (Lipinski definition) is 2. The topological polar surface area (TPSA) is 87.4 Å². The summed E-state index contributed by atoms with van der Waals surface area (Å²) >= 11 is 0. The lowest BCUT2D eigenvalue weighted by Crippen LogP contribution is -2.51. The fourth-order valence-electron chi connectivity index (χ4n) is 3.13. The van der Waals surface area contributed by atoms with Crippen molar-refractivity contribution in [1.29, 1.82) is 0 Å². The van der Waals surface area contributed by atoms with E-state index in [9.17, 15) is 9.59 Å². The summed E-state index contributed by atoms with van der Waals surface area (Å²) in [6.45, 7) is 24.5. The molecule has 0 aliphatic carbocycles. The zero-order valence-corrected chi connectivity index (χ0v) is 22.4. The first kappa shape index (κ1) is 25.3. The molecule has 1 aromatic rings. The van der Waals surface area contributed by atoms with E-state index in [1.807, 2.05) is 0 Å². The van der Waals surface area contributed by atoms with Crippen LogP contribution in [-0.2, 0) is 15.4 Å². The van der Waals surface area contributed by atoms with Crippen LogP contribution < -0.4 is 11.2 Å². The Balaban J connectivity index is 2.26. The van der Waals surface area contributed by atoms with Gasteiger partial charge in [0, 0.05) is 31.4 Å². The van der Waals surface area contributed by atoms with E-state index in [1.165, 1.54) is 6.07 Å². The second kappa shape index (κ2) is 8.50. The van der Waals surface area contributed by atoms with Crippen molar-refractivity contribution in [3.8, 4) is 0 Å². The third-order valence-corrected chi connectivity index (χ3v) is 16.0. The SMILES string of the molecule is CC(C)(C)[Si](C)(C)O[C@@H]1CN(Cc2cc(=O)[nH]c(=O)[nH]2)C[C@H]1O[Si](C)(C)C(C)(C)C. The Morgan fingerprint density at radius 3 is 1.70 bits per heavy atom. The predicted molar refractivity (Wildman–Crippen MR) is 127 cm³/mol. The van der Waals surface area contributed by atoms with Crippen molar-refractivity contribution in [2.24, 2.45) is 0 Å². The van der Waals surface area contributed by atoms with E-state index in [1.54, 1.807) is 0 Å². The van der Waals surface area contributed by atoms with Crippen molar-refractivity contribution in [3.05, 3.63) is 32.6 Å². The van der Waals surface area contributed by atoms with Gasteiger partial charge in [-0.3, -0.25) is 14.7 Å². The zero-order valence-electron chi connectivity index (χ0n) is 20.4. The summed E-state index contributed by atoms with van der Waals surface area (Å²) in [4.78, 5) is 30.5. The molecule has 0 aromatic carbocycles. The van der Waals surface area contributed by atoms with Gasteiger partial charge in [-0.05, 0) is 36.3 Å². The molecule has 0 bridgehead atoms. The first-order valence-electron chi connectivity index (χ1n) is 10.8. The van der Waals surface area contributed by atoms with Crippen LogP contribution in [0.5, 0.6) is 0 Å². The second-order valence-electron chi connectivity index (χ2n) is 11.6. The molecule has 0 spiro atoms. The molecule has 2 heterocycles. The van der Waals surface area contributed by atoms with Crippen LogP contribution in [-0.4, -0.2) is 56.8 Å². The van der Waals surface area contributed by atoms with E-state index in [0.29, 0.717) is 12.2 Å². The summed E-state index contributed by atoms with van der Waals surface area (Å²) in [5.74, 6) is 0. The molecule has 2 rings (SSSR count). The molecule has 1 aliphatic rings. The van der Waals surface area contributed by atoms with Crippen LogP contribution in [0.1, 0.15) is 47.2 Å². The molecule has 0 amide bonds. The summed E-state index contributed by atoms with van der Waals surface area (Å²) in [6.07, 6.45) is -0.0394. The molecule has 2 atom stereocenters. The van der Waals surface area contributed by atoms with E-state index >= 15 is 0 Å². The maximum atomic E-state index is 11.7. The lowest BCUT2D eigenvalue weighted by Gasteiger charge is -2.43. The maximum absolute atomic E-state index is 11.7. The van der Waals surface area contributed by atoms with Gasteiger partial charge < -0.3 is 13.8 Å². The molecule has 1 aliphatic heterocycles. The van der Waals surface area contributed by atoms with Crippen LogP contribution in [0, 0.1) is 0 Å². The fourth-order valence-corrected chi connectivity index (χ4v) is 5.80. The predicted octanol–water partition coefficient (Wildman–Crippen LogP) is 3.66. The Labute approximate surface area is 182 Å². The third kappa shape index (κ3) is 6.03. The molecule has 2 N–H and O–H groups in total. The van der Waals surface area contributed by atoms with E-state index in [0.717, 1.165) is 13.1 Å². The van der Waals surface area contributed by atoms with Crippen LogP contribution in [0.4, 0.5) is 0 Å². The monoisotopic (exact) mass is 455 g/mol. The Morgan fingerprint density at radius 1 is 0.900 bits per heavy atom. The maximum Gasteiger partial charge on any atom is 0.325 e. The first-order chi connectivity index (χ1) is 13.4. The molecule has 172 valence electrons. The molecule has 7 nitrogen and oxygen atoms in total. The van der Waals surface area contributed by atoms with Gasteiger partial charge in [-0.15, -0.1) is 0 Å². The van der Waals surface area contributed by atoms with Gasteiger partial charge in [-0.25, -0.2) is 4.79 Å². The number of hydrogen-bond acceptors (Lipinski definition) is 5. The minimum absolute atomic E-state index is 0.0197. The molecule has 30 heavy (non-hydrogen) atoms. The van der Waals surface area contributed by atoms with Gasteiger partial charge in [-0.2, -0.15) is 0 Å². The number of aromatic nitrogens is 2. The van der Waals surface area contributed by atoms with Crippen LogP contribution in [0.25, 0.3) is 0 Å². The molecule has 0 radical (unpaired) electrons. The van der Waals surface area contributed by atoms with Gasteiger partial charge in [0.05, 0.1) is 12.2 Å². The zero-order chi connectivity index (χ0) is 23.1. The van der Waals surface area contributed by atoms with E-state index in [4.69, 9.17) is 8.85 Å². The van der Waals surface area contributed by atoms with Crippen LogP contribution in [0.3, 0.4) is 0 Å². The van der Waals surface area contributed by atoms with Crippen molar-refractivity contribution in [3.63, 3.8) is 0 Å². The van der Waals surface area contributed by atoms with Crippen molar-refractivity contribution in [1.82, 2.24) is 14.9 Å². The highest BCUT2D eigenvalue weighted by Gasteiger charge is 2.47. The van der Waals surface area contributed by atoms with Crippen molar-refractivity contribution in [2.45, 2.75) is 96.6 Å². The molecule has 1 aromatic heterocycles. The highest BCUT2D eigenvalue weighted by atomic mass is 28.4. The smallest absolute Gasteiger partial charge is 0.325 e. The summed E-state index contributed by atoms with van der Waals surface area (Å²) in [5, 5.41) is 0.222. The van der Waals surface area contributed by atoms with E-state index in [2.05, 4.69) is 82.6 Å². The largest absolute Gasteiger partial charge is 0.410 e. The van der Waals surface area contributed by atoms with Gasteiger partial charge in [0.2, 0.25) is 0 Å². The molecular weight excluding hydrogens is 414 g/mol. The molecule has 1 fully saturated rings. The highest BCUT2D eigenvalue weighted by molar-refractivity contribution is 6.74. The van der Waals surface area contributed by atoms with Crippen molar-refractivity contribution < 1.29 is 8.85 Å². The van der Waals surface area contributed by atoms with Crippen LogP contribution in [0.15, 0.2) is 15.7 Å². The van der Waals surface area contributed by atoms with E-state index in [-0.39, 0.29) is 27.8 Å². The summed E-state index contributed by atoms with van der Waals surface area (Å²) < 4.78 is 13.6. The number of likely N-dealkylation sites (tertiary alicyclic amines) is 1. The normalized spacial score (nSPS) is 21.9. The van der Waals surface area contributed by atoms with E-state index < -0.39 is 22.3 Å². The average molecular weight is 456 g/mol. The standard InChI is InChI=1S/C21H41N3O4Si2/c1-20(2,3)29(7,8)27-16-13-24(12-15-11-18(25)23-19(26)22-15)14-17(16)28-30(9,10)21(4,5)6/h11,16-17H,12-14H2,1-10H3,(H2,22,23,25,26)/t16-,17-/m1/s1. The minimum Gasteiger partial charge on any atom is -0.410 e. The lowest BCUT2D eigenvalue weighted by atomic mass is 10.2. The molecule has 0 unspecified atom stereocenters. The summed E-state index contributed by atoms with van der Waals surface area (Å²) in [6, 6.07) is 1.45. The lowest BCUT2D eigenvalue weighted by molar-refractivity contribution is 0.0713. The number of H-pyrrole nitrogens is 2. The highest BCUT2D eigenvalue weighted by Crippen LogP contribution is 2.41. The third-order valence-electron chi connectivity index (χ3n) is 7.01. The minimum atomic E-state index is -1.98. The Morgan fingerprint density at radius 2 is 1.33 bits per heavy atom.